The van der Waals surface area contributed by atoms with Crippen LogP contribution < -0.4 is 15.8 Å². The third-order valence-corrected chi connectivity index (χ3v) is 2.98. The summed E-state index contributed by atoms with van der Waals surface area (Å²) in [6, 6.07) is 7.44. The first-order valence-corrected chi connectivity index (χ1v) is 5.11. The van der Waals surface area contributed by atoms with Crippen LogP contribution in [0.25, 0.3) is 0 Å². The lowest BCUT2D eigenvalue weighted by Gasteiger charge is -2.30. The molecule has 16 heavy (non-hydrogen) atoms. The highest BCUT2D eigenvalue weighted by atomic mass is 16.5. The topological polar surface area (TPSA) is 76.7 Å². The van der Waals surface area contributed by atoms with Gasteiger partial charge >= 0.3 is 0 Å². The third kappa shape index (κ3) is 1.05. The Bertz CT molecular complexity index is 498. The lowest BCUT2D eigenvalue weighted by molar-refractivity contribution is -0.125. The Labute approximate surface area is 92.3 Å². The molecule has 1 aromatic carbocycles. The Morgan fingerprint density at radius 2 is 2.25 bits per heavy atom. The highest BCUT2D eigenvalue weighted by Crippen LogP contribution is 2.41. The number of aliphatic imine (C=N–C) groups is 1. The number of para-hydroxylation sites is 1. The van der Waals surface area contributed by atoms with Crippen LogP contribution in [0.15, 0.2) is 29.3 Å². The predicted octanol–water partition coefficient (Wildman–Crippen LogP) is 0.109. The first-order chi connectivity index (χ1) is 7.72. The van der Waals surface area contributed by atoms with E-state index in [4.69, 9.17) is 10.5 Å². The van der Waals surface area contributed by atoms with Crippen LogP contribution in [0.5, 0.6) is 5.75 Å². The van der Waals surface area contributed by atoms with Crippen molar-refractivity contribution in [2.24, 2.45) is 10.7 Å². The zero-order valence-electron chi connectivity index (χ0n) is 8.56. The van der Waals surface area contributed by atoms with E-state index in [0.29, 0.717) is 18.8 Å². The van der Waals surface area contributed by atoms with Gasteiger partial charge in [0.15, 0.2) is 11.5 Å². The number of carbonyl (C=O) groups excluding carboxylic acids is 1. The molecule has 82 valence electrons. The minimum Gasteiger partial charge on any atom is -0.493 e. The summed E-state index contributed by atoms with van der Waals surface area (Å²) in [4.78, 5) is 16.2. The average molecular weight is 217 g/mol. The van der Waals surface area contributed by atoms with Gasteiger partial charge < -0.3 is 10.5 Å². The Hall–Kier alpha value is -2.04. The van der Waals surface area contributed by atoms with E-state index in [1.54, 1.807) is 0 Å². The van der Waals surface area contributed by atoms with Crippen LogP contribution in [-0.2, 0) is 10.3 Å². The lowest BCUT2D eigenvalue weighted by atomic mass is 9.85. The van der Waals surface area contributed by atoms with Crippen molar-refractivity contribution >= 4 is 11.9 Å². The number of hydrogen-bond acceptors (Lipinski definition) is 4. The number of fused-ring (bicyclic) bond motifs is 2. The molecule has 5 nitrogen and oxygen atoms in total. The van der Waals surface area contributed by atoms with Gasteiger partial charge in [-0.3, -0.25) is 10.1 Å². The second kappa shape index (κ2) is 2.98. The fourth-order valence-electron chi connectivity index (χ4n) is 2.23. The molecule has 1 spiro atoms. The number of carbonyl (C=O) groups is 1. The maximum absolute atomic E-state index is 12.0. The molecule has 0 aliphatic carbocycles. The number of ether oxygens (including phenoxy) is 1. The van der Waals surface area contributed by atoms with E-state index in [9.17, 15) is 4.79 Å². The van der Waals surface area contributed by atoms with Gasteiger partial charge in [0.05, 0.1) is 6.61 Å². The maximum Gasteiger partial charge on any atom is 0.259 e. The van der Waals surface area contributed by atoms with E-state index >= 15 is 0 Å². The van der Waals surface area contributed by atoms with Gasteiger partial charge in [0.25, 0.3) is 5.91 Å². The van der Waals surface area contributed by atoms with Crippen molar-refractivity contribution in [3.63, 3.8) is 0 Å². The van der Waals surface area contributed by atoms with Crippen LogP contribution in [0.2, 0.25) is 0 Å². The smallest absolute Gasteiger partial charge is 0.259 e. The molecular formula is C11H11N3O2. The zero-order chi connectivity index (χ0) is 11.2. The molecule has 1 aromatic rings. The van der Waals surface area contributed by atoms with Crippen LogP contribution in [0.1, 0.15) is 12.0 Å². The maximum atomic E-state index is 12.0. The lowest BCUT2D eigenvalue weighted by Crippen LogP contribution is -2.41. The molecule has 5 heteroatoms. The Balaban J connectivity index is 2.21. The van der Waals surface area contributed by atoms with Gasteiger partial charge in [-0.15, -0.1) is 0 Å². The van der Waals surface area contributed by atoms with E-state index in [2.05, 4.69) is 10.3 Å². The summed E-state index contributed by atoms with van der Waals surface area (Å²) in [7, 11) is 0. The van der Waals surface area contributed by atoms with Crippen LogP contribution >= 0.6 is 0 Å². The van der Waals surface area contributed by atoms with Gasteiger partial charge in [-0.1, -0.05) is 18.2 Å². The number of rotatable bonds is 0. The van der Waals surface area contributed by atoms with Gasteiger partial charge in [-0.2, -0.15) is 0 Å². The fraction of sp³-hybridized carbons (Fsp3) is 0.273. The average Bonchev–Trinajstić information content (AvgIpc) is 2.55. The molecule has 2 aliphatic heterocycles. The van der Waals surface area contributed by atoms with Gasteiger partial charge in [0, 0.05) is 12.0 Å². The van der Waals surface area contributed by atoms with Crippen LogP contribution in [0.4, 0.5) is 0 Å². The SMILES string of the molecule is NC1=NC2(CCOc3ccccc32)C(=O)N1. The van der Waals surface area contributed by atoms with E-state index in [0.717, 1.165) is 5.56 Å². The van der Waals surface area contributed by atoms with Gasteiger partial charge in [-0.05, 0) is 6.07 Å². The normalized spacial score (nSPS) is 27.0. The molecule has 3 N–H and O–H groups in total. The van der Waals surface area contributed by atoms with Gasteiger partial charge in [0.1, 0.15) is 5.75 Å². The molecule has 1 atom stereocenters. The fourth-order valence-corrected chi connectivity index (χ4v) is 2.23. The summed E-state index contributed by atoms with van der Waals surface area (Å²) in [5.41, 5.74) is 5.48. The summed E-state index contributed by atoms with van der Waals surface area (Å²) in [6.45, 7) is 0.473. The number of nitrogens with one attached hydrogen (secondary N) is 1. The summed E-state index contributed by atoms with van der Waals surface area (Å²) in [6.07, 6.45) is 0.524. The van der Waals surface area contributed by atoms with Gasteiger partial charge in [0.2, 0.25) is 0 Å². The predicted molar refractivity (Wildman–Crippen MR) is 58.0 cm³/mol. The number of benzene rings is 1. The molecule has 2 heterocycles. The van der Waals surface area contributed by atoms with E-state index in [1.165, 1.54) is 0 Å². The van der Waals surface area contributed by atoms with E-state index in [1.807, 2.05) is 24.3 Å². The standard InChI is InChI=1S/C11H11N3O2/c12-10-13-9(15)11(14-10)5-6-16-8-4-2-1-3-7(8)11/h1-4H,5-6H2,(H3,12,13,14,15). The number of hydrogen-bond donors (Lipinski definition) is 2. The molecule has 1 unspecified atom stereocenters. The molecule has 1 amide bonds. The Kier molecular flexibility index (Phi) is 1.71. The first kappa shape index (κ1) is 9.21. The van der Waals surface area contributed by atoms with Crippen molar-refractivity contribution < 1.29 is 9.53 Å². The Morgan fingerprint density at radius 1 is 1.44 bits per heavy atom. The number of guanidine groups is 1. The molecule has 3 rings (SSSR count). The van der Waals surface area contributed by atoms with Crippen LogP contribution in [0.3, 0.4) is 0 Å². The van der Waals surface area contributed by atoms with Crippen LogP contribution in [0, 0.1) is 0 Å². The van der Waals surface area contributed by atoms with Crippen molar-refractivity contribution in [1.82, 2.24) is 5.32 Å². The molecule has 0 bridgehead atoms. The molecule has 2 aliphatic rings. The molecule has 0 saturated carbocycles. The van der Waals surface area contributed by atoms with Crippen molar-refractivity contribution in [3.8, 4) is 5.75 Å². The molecule has 0 aromatic heterocycles. The minimum absolute atomic E-state index is 0.166. The van der Waals surface area contributed by atoms with Gasteiger partial charge in [-0.25, -0.2) is 4.99 Å². The first-order valence-electron chi connectivity index (χ1n) is 5.11. The highest BCUT2D eigenvalue weighted by Gasteiger charge is 2.48. The van der Waals surface area contributed by atoms with Crippen molar-refractivity contribution in [3.05, 3.63) is 29.8 Å². The molecule has 0 saturated heterocycles. The second-order valence-corrected chi connectivity index (χ2v) is 3.91. The molecule has 0 fully saturated rings. The largest absolute Gasteiger partial charge is 0.493 e. The van der Waals surface area contributed by atoms with Crippen molar-refractivity contribution in [2.75, 3.05) is 6.61 Å². The quantitative estimate of drug-likeness (QED) is 0.647. The van der Waals surface area contributed by atoms with Crippen molar-refractivity contribution in [2.45, 2.75) is 12.0 Å². The summed E-state index contributed by atoms with van der Waals surface area (Å²) in [5, 5.41) is 2.55. The molecule has 0 radical (unpaired) electrons. The zero-order valence-corrected chi connectivity index (χ0v) is 8.56. The highest BCUT2D eigenvalue weighted by molar-refractivity contribution is 6.07. The minimum atomic E-state index is -0.876. The number of amides is 1. The van der Waals surface area contributed by atoms with Crippen LogP contribution in [-0.4, -0.2) is 18.5 Å². The van der Waals surface area contributed by atoms with E-state index in [-0.39, 0.29) is 11.9 Å². The number of nitrogens with two attached hydrogens (primary N) is 1. The summed E-state index contributed by atoms with van der Waals surface area (Å²) in [5.74, 6) is 0.727. The summed E-state index contributed by atoms with van der Waals surface area (Å²) >= 11 is 0. The summed E-state index contributed by atoms with van der Waals surface area (Å²) < 4.78 is 5.50. The molecular weight excluding hydrogens is 206 g/mol. The monoisotopic (exact) mass is 217 g/mol. The van der Waals surface area contributed by atoms with Crippen molar-refractivity contribution in [1.29, 1.82) is 0 Å². The number of nitrogens with zero attached hydrogens (tertiary/aromatic N) is 1. The second-order valence-electron chi connectivity index (χ2n) is 3.91. The van der Waals surface area contributed by atoms with E-state index < -0.39 is 5.54 Å². The Morgan fingerprint density at radius 3 is 3.00 bits per heavy atom. The third-order valence-electron chi connectivity index (χ3n) is 2.98.